The molecule has 1 N–H and O–H groups in total. The number of carbonyl (C=O) groups is 1. The highest BCUT2D eigenvalue weighted by Gasteiger charge is 2.73. The van der Waals surface area contributed by atoms with Crippen LogP contribution in [0.1, 0.15) is 0 Å². The molecule has 2 aromatic carbocycles. The minimum atomic E-state index is -6.61. The van der Waals surface area contributed by atoms with Crippen molar-refractivity contribution < 1.29 is 58.4 Å². The molecule has 198 valence electrons. The summed E-state index contributed by atoms with van der Waals surface area (Å²) in [5.74, 6) is -8.31. The van der Waals surface area contributed by atoms with Gasteiger partial charge in [0.05, 0.1) is 10.6 Å². The van der Waals surface area contributed by atoms with Crippen LogP contribution in [0.25, 0.3) is 0 Å². The standard InChI is InChI=1S/C18H10F10N2O4S2/c19-15(20,16(21,22)23)17(24,25)35-9-5-6-12(11(7-9)30(32)33)34-8-14(31)29-10-3-1-2-4-13(10)36-18(26,27)28/h1-7H,8H2,(H,29,31). The highest BCUT2D eigenvalue weighted by Crippen LogP contribution is 2.54. The van der Waals surface area contributed by atoms with Gasteiger partial charge in [-0.05, 0) is 47.8 Å². The fraction of sp³-hybridized carbons (Fsp3) is 0.278. The van der Waals surface area contributed by atoms with Crippen LogP contribution < -0.4 is 10.1 Å². The van der Waals surface area contributed by atoms with Gasteiger partial charge in [0.15, 0.2) is 12.4 Å². The fourth-order valence-electron chi connectivity index (χ4n) is 2.32. The average Bonchev–Trinajstić information content (AvgIpc) is 2.72. The van der Waals surface area contributed by atoms with E-state index >= 15 is 0 Å². The average molecular weight is 572 g/mol. The molecule has 1 amide bonds. The van der Waals surface area contributed by atoms with Gasteiger partial charge in [0.1, 0.15) is 0 Å². The van der Waals surface area contributed by atoms with E-state index < -0.39 is 80.2 Å². The molecule has 0 aliphatic heterocycles. The minimum absolute atomic E-state index is 0.230. The number of benzene rings is 2. The zero-order valence-corrected chi connectivity index (χ0v) is 18.6. The van der Waals surface area contributed by atoms with Gasteiger partial charge in [-0.1, -0.05) is 12.1 Å². The number of alkyl halides is 10. The van der Waals surface area contributed by atoms with E-state index in [1.54, 1.807) is 0 Å². The Labute approximate surface area is 202 Å². The Morgan fingerprint density at radius 3 is 2.11 bits per heavy atom. The summed E-state index contributed by atoms with van der Waals surface area (Å²) in [6, 6.07) is 6.05. The minimum Gasteiger partial charge on any atom is -0.477 e. The summed E-state index contributed by atoms with van der Waals surface area (Å²) in [4.78, 5) is 20.6. The normalized spacial score (nSPS) is 12.8. The highest BCUT2D eigenvalue weighted by atomic mass is 32.2. The summed E-state index contributed by atoms with van der Waals surface area (Å²) in [6.07, 6.45) is -6.61. The number of carbonyl (C=O) groups excluding carboxylic acids is 1. The van der Waals surface area contributed by atoms with Crippen LogP contribution in [-0.2, 0) is 4.79 Å². The lowest BCUT2D eigenvalue weighted by molar-refractivity contribution is -0.386. The van der Waals surface area contributed by atoms with Gasteiger partial charge in [-0.2, -0.15) is 43.9 Å². The van der Waals surface area contributed by atoms with Gasteiger partial charge in [0.25, 0.3) is 5.91 Å². The van der Waals surface area contributed by atoms with Crippen molar-refractivity contribution >= 4 is 40.8 Å². The molecule has 0 bridgehead atoms. The Balaban J connectivity index is 2.17. The van der Waals surface area contributed by atoms with Crippen LogP contribution in [0.2, 0.25) is 0 Å². The van der Waals surface area contributed by atoms with Crippen molar-refractivity contribution in [2.75, 3.05) is 11.9 Å². The van der Waals surface area contributed by atoms with Gasteiger partial charge in [-0.3, -0.25) is 14.9 Å². The third-order valence-electron chi connectivity index (χ3n) is 3.84. The topological polar surface area (TPSA) is 81.5 Å². The molecule has 0 unspecified atom stereocenters. The SMILES string of the molecule is O=C(COc1ccc(SC(F)(F)C(F)(F)C(F)(F)F)cc1[N+](=O)[O-])Nc1ccccc1SC(F)(F)F. The van der Waals surface area contributed by atoms with Gasteiger partial charge in [0.2, 0.25) is 0 Å². The van der Waals surface area contributed by atoms with E-state index in [4.69, 9.17) is 4.74 Å². The van der Waals surface area contributed by atoms with Crippen molar-refractivity contribution in [1.29, 1.82) is 0 Å². The van der Waals surface area contributed by atoms with Crippen molar-refractivity contribution in [3.8, 4) is 5.75 Å². The van der Waals surface area contributed by atoms with Crippen molar-refractivity contribution in [1.82, 2.24) is 0 Å². The second-order valence-electron chi connectivity index (χ2n) is 6.46. The third-order valence-corrected chi connectivity index (χ3v) is 5.65. The molecule has 0 radical (unpaired) electrons. The first-order valence-corrected chi connectivity index (χ1v) is 10.5. The zero-order valence-electron chi connectivity index (χ0n) is 16.9. The smallest absolute Gasteiger partial charge is 0.460 e. The van der Waals surface area contributed by atoms with E-state index in [1.807, 2.05) is 0 Å². The van der Waals surface area contributed by atoms with Crippen LogP contribution in [0.4, 0.5) is 55.3 Å². The Morgan fingerprint density at radius 1 is 0.944 bits per heavy atom. The first kappa shape index (κ1) is 29.3. The largest absolute Gasteiger partial charge is 0.477 e. The zero-order chi connectivity index (χ0) is 27.5. The lowest BCUT2D eigenvalue weighted by Crippen LogP contribution is -2.49. The number of thioether (sulfide) groups is 2. The molecule has 0 fully saturated rings. The van der Waals surface area contributed by atoms with E-state index in [0.717, 1.165) is 12.1 Å². The first-order chi connectivity index (χ1) is 16.3. The molecule has 0 aromatic heterocycles. The Hall–Kier alpha value is -2.89. The number of hydrogen-bond acceptors (Lipinski definition) is 6. The lowest BCUT2D eigenvalue weighted by Gasteiger charge is -2.27. The van der Waals surface area contributed by atoms with Crippen molar-refractivity contribution in [2.24, 2.45) is 0 Å². The van der Waals surface area contributed by atoms with Gasteiger partial charge in [-0.15, -0.1) is 0 Å². The number of rotatable bonds is 9. The second-order valence-corrected chi connectivity index (χ2v) is 8.75. The number of nitrogens with zero attached hydrogens (tertiary/aromatic N) is 1. The number of hydrogen-bond donors (Lipinski definition) is 1. The highest BCUT2D eigenvalue weighted by molar-refractivity contribution is 8.00. The summed E-state index contributed by atoms with van der Waals surface area (Å²) in [7, 11) is 0. The monoisotopic (exact) mass is 572 g/mol. The fourth-order valence-corrected chi connectivity index (χ4v) is 3.79. The van der Waals surface area contributed by atoms with Crippen LogP contribution in [0.5, 0.6) is 5.75 Å². The molecule has 2 aromatic rings. The molecule has 0 aliphatic rings. The predicted octanol–water partition coefficient (Wildman–Crippen LogP) is 7.11. The molecule has 18 heteroatoms. The van der Waals surface area contributed by atoms with Gasteiger partial charge in [-0.25, -0.2) is 0 Å². The number of ether oxygens (including phenoxy) is 1. The molecule has 0 saturated heterocycles. The molecule has 36 heavy (non-hydrogen) atoms. The quantitative estimate of drug-likeness (QED) is 0.149. The van der Waals surface area contributed by atoms with Crippen LogP contribution in [0, 0.1) is 10.1 Å². The van der Waals surface area contributed by atoms with E-state index in [9.17, 15) is 58.8 Å². The first-order valence-electron chi connectivity index (χ1n) is 8.91. The van der Waals surface area contributed by atoms with Crippen LogP contribution >= 0.6 is 23.5 Å². The predicted molar refractivity (Wildman–Crippen MR) is 107 cm³/mol. The number of nitrogens with one attached hydrogen (secondary N) is 1. The van der Waals surface area contributed by atoms with Crippen molar-refractivity contribution in [2.45, 2.75) is 32.7 Å². The molecule has 0 atom stereocenters. The molecule has 6 nitrogen and oxygen atoms in total. The van der Waals surface area contributed by atoms with Crippen LogP contribution in [0.3, 0.4) is 0 Å². The molecule has 0 spiro atoms. The summed E-state index contributed by atoms with van der Waals surface area (Å²) >= 11 is -1.82. The maximum Gasteiger partial charge on any atom is 0.460 e. The number of amides is 1. The van der Waals surface area contributed by atoms with Gasteiger partial charge < -0.3 is 10.1 Å². The second kappa shape index (κ2) is 10.6. The maximum atomic E-state index is 13.6. The summed E-state index contributed by atoms with van der Waals surface area (Å²) in [5, 5.41) is 7.54. The summed E-state index contributed by atoms with van der Waals surface area (Å²) in [6.45, 7) is -1.03. The summed E-state index contributed by atoms with van der Waals surface area (Å²) < 4.78 is 133. The summed E-state index contributed by atoms with van der Waals surface area (Å²) in [5.41, 5.74) is -6.12. The third kappa shape index (κ3) is 7.31. The Morgan fingerprint density at radius 2 is 1.56 bits per heavy atom. The number of anilines is 1. The molecule has 0 heterocycles. The van der Waals surface area contributed by atoms with E-state index in [0.29, 0.717) is 12.1 Å². The van der Waals surface area contributed by atoms with Gasteiger partial charge in [0, 0.05) is 15.9 Å². The van der Waals surface area contributed by atoms with Crippen molar-refractivity contribution in [3.05, 3.63) is 52.6 Å². The van der Waals surface area contributed by atoms with Crippen LogP contribution in [0.15, 0.2) is 52.3 Å². The number of para-hydroxylation sites is 1. The van der Waals surface area contributed by atoms with E-state index in [2.05, 4.69) is 5.32 Å². The van der Waals surface area contributed by atoms with Crippen LogP contribution in [-0.4, -0.2) is 40.3 Å². The van der Waals surface area contributed by atoms with Crippen molar-refractivity contribution in [3.63, 3.8) is 0 Å². The van der Waals surface area contributed by atoms with E-state index in [1.165, 1.54) is 12.1 Å². The maximum absolute atomic E-state index is 13.6. The lowest BCUT2D eigenvalue weighted by atomic mass is 10.3. The molecule has 0 saturated carbocycles. The number of nitro groups is 1. The number of halogens is 10. The molecular formula is C18H10F10N2O4S2. The van der Waals surface area contributed by atoms with E-state index in [-0.39, 0.29) is 16.6 Å². The molecule has 2 rings (SSSR count). The van der Waals surface area contributed by atoms with Gasteiger partial charge >= 0.3 is 28.5 Å². The Kier molecular flexibility index (Phi) is 8.65. The molecule has 0 aliphatic carbocycles. The Bertz CT molecular complexity index is 1130. The molecular weight excluding hydrogens is 562 g/mol. The number of nitro benzene ring substituents is 1.